The van der Waals surface area contributed by atoms with Crippen molar-refractivity contribution in [2.24, 2.45) is 11.7 Å². The van der Waals surface area contributed by atoms with E-state index in [0.717, 1.165) is 19.5 Å². The molecule has 0 bridgehead atoms. The average Bonchev–Trinajstić information content (AvgIpc) is 2.64. The minimum Gasteiger partial charge on any atom is -0.444 e. The van der Waals surface area contributed by atoms with Crippen LogP contribution in [0.4, 0.5) is 4.79 Å². The van der Waals surface area contributed by atoms with Crippen LogP contribution >= 0.6 is 0 Å². The summed E-state index contributed by atoms with van der Waals surface area (Å²) in [5.41, 5.74) is 5.30. The molecule has 0 saturated carbocycles. The van der Waals surface area contributed by atoms with Crippen molar-refractivity contribution in [3.8, 4) is 0 Å². The maximum atomic E-state index is 11.8. The number of carbonyl (C=O) groups is 1. The van der Waals surface area contributed by atoms with E-state index in [0.29, 0.717) is 5.92 Å². The van der Waals surface area contributed by atoms with Gasteiger partial charge < -0.3 is 21.1 Å². The Morgan fingerprint density at radius 2 is 2.00 bits per heavy atom. The third kappa shape index (κ3) is 4.46. The highest BCUT2D eigenvalue weighted by molar-refractivity contribution is 5.68. The lowest BCUT2D eigenvalue weighted by atomic mass is 9.84. The zero-order chi connectivity index (χ0) is 14.0. The zero-order valence-corrected chi connectivity index (χ0v) is 12.2. The number of carbonyl (C=O) groups excluding carboxylic acids is 1. The van der Waals surface area contributed by atoms with Gasteiger partial charge in [-0.25, -0.2) is 4.79 Å². The number of nitrogens with one attached hydrogen (secondary N) is 2. The lowest BCUT2D eigenvalue weighted by molar-refractivity contribution is 0.0446. The summed E-state index contributed by atoms with van der Waals surface area (Å²) in [6.07, 6.45) is 0.648. The van der Waals surface area contributed by atoms with Crippen LogP contribution in [-0.2, 0) is 4.74 Å². The molecule has 106 valence electrons. The minimum atomic E-state index is -0.487. The first kappa shape index (κ1) is 15.2. The monoisotopic (exact) mass is 257 g/mol. The molecule has 5 heteroatoms. The van der Waals surface area contributed by atoms with Crippen molar-refractivity contribution in [1.29, 1.82) is 0 Å². The lowest BCUT2D eigenvalue weighted by Gasteiger charge is -2.36. The Labute approximate surface area is 110 Å². The largest absolute Gasteiger partial charge is 0.444 e. The molecule has 4 N–H and O–H groups in total. The van der Waals surface area contributed by atoms with Gasteiger partial charge in [-0.3, -0.25) is 0 Å². The number of hydrogen-bond donors (Lipinski definition) is 3. The molecular formula is C13H27N3O2. The average molecular weight is 257 g/mol. The van der Waals surface area contributed by atoms with E-state index in [1.54, 1.807) is 0 Å². The van der Waals surface area contributed by atoms with Crippen LogP contribution < -0.4 is 16.4 Å². The Balaban J connectivity index is 2.54. The van der Waals surface area contributed by atoms with Crippen molar-refractivity contribution in [2.45, 2.75) is 58.2 Å². The Kier molecular flexibility index (Phi) is 4.61. The quantitative estimate of drug-likeness (QED) is 0.710. The van der Waals surface area contributed by atoms with Gasteiger partial charge >= 0.3 is 6.09 Å². The van der Waals surface area contributed by atoms with E-state index in [9.17, 15) is 4.79 Å². The molecular weight excluding hydrogens is 230 g/mol. The van der Waals surface area contributed by atoms with Gasteiger partial charge in [0.15, 0.2) is 0 Å². The third-order valence-corrected chi connectivity index (χ3v) is 3.26. The van der Waals surface area contributed by atoms with Crippen LogP contribution in [0.3, 0.4) is 0 Å². The van der Waals surface area contributed by atoms with Crippen LogP contribution in [0.25, 0.3) is 0 Å². The van der Waals surface area contributed by atoms with E-state index < -0.39 is 17.2 Å². The number of alkyl carbamates (subject to hydrolysis) is 1. The molecule has 1 aliphatic heterocycles. The van der Waals surface area contributed by atoms with E-state index in [2.05, 4.69) is 10.6 Å². The predicted molar refractivity (Wildman–Crippen MR) is 72.4 cm³/mol. The fourth-order valence-corrected chi connectivity index (χ4v) is 2.22. The Morgan fingerprint density at radius 3 is 2.44 bits per heavy atom. The van der Waals surface area contributed by atoms with E-state index in [4.69, 9.17) is 10.5 Å². The molecule has 1 rings (SSSR count). The third-order valence-electron chi connectivity index (χ3n) is 3.26. The molecule has 1 aliphatic rings. The second-order valence-corrected chi connectivity index (χ2v) is 6.63. The maximum Gasteiger partial charge on any atom is 0.408 e. The fourth-order valence-electron chi connectivity index (χ4n) is 2.22. The zero-order valence-electron chi connectivity index (χ0n) is 12.2. The van der Waals surface area contributed by atoms with Gasteiger partial charge in [0.2, 0.25) is 0 Å². The molecule has 2 unspecified atom stereocenters. The van der Waals surface area contributed by atoms with Crippen LogP contribution in [0.1, 0.15) is 41.0 Å². The van der Waals surface area contributed by atoms with E-state index in [-0.39, 0.29) is 6.04 Å². The highest BCUT2D eigenvalue weighted by Crippen LogP contribution is 2.21. The van der Waals surface area contributed by atoms with Crippen molar-refractivity contribution < 1.29 is 9.53 Å². The van der Waals surface area contributed by atoms with Gasteiger partial charge in [-0.15, -0.1) is 0 Å². The van der Waals surface area contributed by atoms with Gasteiger partial charge in [0.25, 0.3) is 0 Å². The maximum absolute atomic E-state index is 11.8. The topological polar surface area (TPSA) is 76.4 Å². The van der Waals surface area contributed by atoms with Gasteiger partial charge in [0, 0.05) is 6.04 Å². The van der Waals surface area contributed by atoms with Crippen molar-refractivity contribution in [3.63, 3.8) is 0 Å². The summed E-state index contributed by atoms with van der Waals surface area (Å²) in [6, 6.07) is -0.0833. The number of nitrogens with two attached hydrogens (primary N) is 1. The van der Waals surface area contributed by atoms with E-state index in [1.807, 2.05) is 34.6 Å². The molecule has 0 aliphatic carbocycles. The van der Waals surface area contributed by atoms with Crippen molar-refractivity contribution >= 4 is 6.09 Å². The molecule has 1 amide bonds. The van der Waals surface area contributed by atoms with Crippen molar-refractivity contribution in [2.75, 3.05) is 13.1 Å². The molecule has 1 fully saturated rings. The molecule has 5 nitrogen and oxygen atoms in total. The predicted octanol–water partition coefficient (Wildman–Crippen LogP) is 1.23. The Morgan fingerprint density at radius 1 is 1.39 bits per heavy atom. The highest BCUT2D eigenvalue weighted by atomic mass is 16.6. The smallest absolute Gasteiger partial charge is 0.408 e. The highest BCUT2D eigenvalue weighted by Gasteiger charge is 2.36. The van der Waals surface area contributed by atoms with Crippen LogP contribution in [0.5, 0.6) is 0 Å². The van der Waals surface area contributed by atoms with Crippen molar-refractivity contribution in [3.05, 3.63) is 0 Å². The summed E-state index contributed by atoms with van der Waals surface area (Å²) in [5.74, 6) is 0.398. The van der Waals surface area contributed by atoms with Crippen LogP contribution in [0, 0.1) is 5.92 Å². The summed E-state index contributed by atoms with van der Waals surface area (Å²) in [6.45, 7) is 11.3. The number of ether oxygens (including phenoxy) is 1. The van der Waals surface area contributed by atoms with Crippen LogP contribution in [-0.4, -0.2) is 36.4 Å². The van der Waals surface area contributed by atoms with E-state index in [1.165, 1.54) is 0 Å². The van der Waals surface area contributed by atoms with Gasteiger partial charge in [0.05, 0.1) is 5.54 Å². The van der Waals surface area contributed by atoms with Gasteiger partial charge in [-0.05, 0) is 60.0 Å². The first-order valence-corrected chi connectivity index (χ1v) is 6.59. The summed E-state index contributed by atoms with van der Waals surface area (Å²) in [4.78, 5) is 11.8. The number of amides is 1. The second-order valence-electron chi connectivity index (χ2n) is 6.63. The van der Waals surface area contributed by atoms with Crippen LogP contribution in [0.2, 0.25) is 0 Å². The fraction of sp³-hybridized carbons (Fsp3) is 0.923. The summed E-state index contributed by atoms with van der Waals surface area (Å²) >= 11 is 0. The molecule has 1 heterocycles. The molecule has 18 heavy (non-hydrogen) atoms. The van der Waals surface area contributed by atoms with E-state index >= 15 is 0 Å². The Bertz CT molecular complexity index is 291. The Hall–Kier alpha value is -0.810. The molecule has 0 spiro atoms. The minimum absolute atomic E-state index is 0.0833. The number of rotatable bonds is 3. The normalized spacial score (nSPS) is 22.7. The summed E-state index contributed by atoms with van der Waals surface area (Å²) in [5, 5.41) is 6.17. The van der Waals surface area contributed by atoms with Crippen molar-refractivity contribution in [1.82, 2.24) is 10.6 Å². The van der Waals surface area contributed by atoms with Gasteiger partial charge in [0.1, 0.15) is 5.60 Å². The summed E-state index contributed by atoms with van der Waals surface area (Å²) in [7, 11) is 0. The molecule has 0 aromatic rings. The molecule has 2 atom stereocenters. The molecule has 1 saturated heterocycles. The van der Waals surface area contributed by atoms with Gasteiger partial charge in [-0.1, -0.05) is 0 Å². The lowest BCUT2D eigenvalue weighted by Crippen LogP contribution is -2.59. The standard InChI is InChI=1S/C13H27N3O2/c1-12(2,3)18-11(17)16-13(4,5)10(14)9-6-7-15-8-9/h9-10,15H,6-8,14H2,1-5H3,(H,16,17). The number of hydrogen-bond acceptors (Lipinski definition) is 4. The first-order chi connectivity index (χ1) is 8.12. The molecule has 0 radical (unpaired) electrons. The molecule has 0 aromatic heterocycles. The SMILES string of the molecule is CC(C)(C)OC(=O)NC(C)(C)C(N)C1CCNC1. The summed E-state index contributed by atoms with van der Waals surface area (Å²) < 4.78 is 5.27. The first-order valence-electron chi connectivity index (χ1n) is 6.59. The van der Waals surface area contributed by atoms with Gasteiger partial charge in [-0.2, -0.15) is 0 Å². The van der Waals surface area contributed by atoms with Crippen LogP contribution in [0.15, 0.2) is 0 Å². The molecule has 0 aromatic carbocycles. The second kappa shape index (κ2) is 5.45.